The van der Waals surface area contributed by atoms with E-state index >= 15 is 0 Å². The van der Waals surface area contributed by atoms with Crippen LogP contribution in [0.2, 0.25) is 0 Å². The summed E-state index contributed by atoms with van der Waals surface area (Å²) in [6, 6.07) is 2.04. The summed E-state index contributed by atoms with van der Waals surface area (Å²) in [6.07, 6.45) is 7.24. The molecule has 3 heteroatoms. The Balaban J connectivity index is 2.16. The maximum Gasteiger partial charge on any atom is 0.0947 e. The molecule has 0 bridgehead atoms. The zero-order chi connectivity index (χ0) is 14.1. The van der Waals surface area contributed by atoms with Crippen molar-refractivity contribution in [3.05, 3.63) is 24.2 Å². The van der Waals surface area contributed by atoms with E-state index in [9.17, 15) is 0 Å². The first kappa shape index (κ1) is 14.6. The van der Waals surface area contributed by atoms with Gasteiger partial charge in [-0.1, -0.05) is 20.8 Å². The van der Waals surface area contributed by atoms with Gasteiger partial charge in [-0.3, -0.25) is 4.90 Å². The van der Waals surface area contributed by atoms with Gasteiger partial charge in [-0.25, -0.2) is 0 Å². The van der Waals surface area contributed by atoms with Crippen LogP contribution in [0.4, 0.5) is 0 Å². The van der Waals surface area contributed by atoms with E-state index in [-0.39, 0.29) is 5.54 Å². The van der Waals surface area contributed by atoms with Gasteiger partial charge in [0.05, 0.1) is 12.5 Å². The molecule has 2 N–H and O–H groups in total. The van der Waals surface area contributed by atoms with Crippen LogP contribution < -0.4 is 5.73 Å². The van der Waals surface area contributed by atoms with Crippen molar-refractivity contribution in [2.45, 2.75) is 52.1 Å². The van der Waals surface area contributed by atoms with Crippen molar-refractivity contribution in [1.82, 2.24) is 4.90 Å². The average Bonchev–Trinajstić information content (AvgIpc) is 2.78. The highest BCUT2D eigenvalue weighted by Crippen LogP contribution is 2.46. The van der Waals surface area contributed by atoms with Crippen LogP contribution in [0.1, 0.15) is 45.6 Å². The molecule has 108 valence electrons. The molecule has 1 aliphatic carbocycles. The van der Waals surface area contributed by atoms with Crippen molar-refractivity contribution in [3.63, 3.8) is 0 Å². The monoisotopic (exact) mass is 264 g/mol. The molecule has 1 aromatic rings. The first-order valence-electron chi connectivity index (χ1n) is 7.29. The van der Waals surface area contributed by atoms with E-state index in [1.54, 1.807) is 6.26 Å². The number of nitrogens with two attached hydrogens (primary N) is 1. The van der Waals surface area contributed by atoms with E-state index in [1.165, 1.54) is 24.8 Å². The summed E-state index contributed by atoms with van der Waals surface area (Å²) < 4.78 is 5.17. The molecule has 0 aromatic carbocycles. The maximum absolute atomic E-state index is 6.19. The van der Waals surface area contributed by atoms with Crippen LogP contribution in [0.5, 0.6) is 0 Å². The second kappa shape index (κ2) is 5.29. The first-order chi connectivity index (χ1) is 8.87. The predicted molar refractivity (Wildman–Crippen MR) is 78.8 cm³/mol. The van der Waals surface area contributed by atoms with Gasteiger partial charge in [0.2, 0.25) is 0 Å². The minimum atomic E-state index is 0.123. The lowest BCUT2D eigenvalue weighted by Crippen LogP contribution is -2.57. The molecule has 2 atom stereocenters. The summed E-state index contributed by atoms with van der Waals surface area (Å²) in [4.78, 5) is 2.44. The third kappa shape index (κ3) is 3.21. The highest BCUT2D eigenvalue weighted by atomic mass is 16.3. The van der Waals surface area contributed by atoms with Crippen LogP contribution in [0.3, 0.4) is 0 Å². The number of hydrogen-bond acceptors (Lipinski definition) is 3. The van der Waals surface area contributed by atoms with Gasteiger partial charge in [-0.15, -0.1) is 0 Å². The molecule has 0 radical (unpaired) electrons. The van der Waals surface area contributed by atoms with E-state index in [0.29, 0.717) is 5.41 Å². The van der Waals surface area contributed by atoms with Crippen molar-refractivity contribution in [1.29, 1.82) is 0 Å². The SMILES string of the molecule is CC1CC(C)(C)CC(CN)(N(C)Cc2ccoc2)C1. The van der Waals surface area contributed by atoms with Gasteiger partial charge in [-0.2, -0.15) is 0 Å². The quantitative estimate of drug-likeness (QED) is 0.907. The van der Waals surface area contributed by atoms with Gasteiger partial charge in [0.15, 0.2) is 0 Å². The first-order valence-corrected chi connectivity index (χ1v) is 7.29. The number of nitrogens with zero attached hydrogens (tertiary/aromatic N) is 1. The van der Waals surface area contributed by atoms with Gasteiger partial charge in [0.25, 0.3) is 0 Å². The molecule has 1 fully saturated rings. The summed E-state index contributed by atoms with van der Waals surface area (Å²) in [6.45, 7) is 8.75. The lowest BCUT2D eigenvalue weighted by Gasteiger charge is -2.52. The summed E-state index contributed by atoms with van der Waals surface area (Å²) in [5.74, 6) is 0.735. The number of furan rings is 1. The van der Waals surface area contributed by atoms with Crippen molar-refractivity contribution < 1.29 is 4.42 Å². The second-order valence-corrected chi connectivity index (χ2v) is 7.27. The molecule has 0 spiro atoms. The zero-order valence-corrected chi connectivity index (χ0v) is 12.8. The average molecular weight is 264 g/mol. The molecular formula is C16H28N2O. The summed E-state index contributed by atoms with van der Waals surface area (Å²) in [5, 5.41) is 0. The van der Waals surface area contributed by atoms with Gasteiger partial charge in [0.1, 0.15) is 0 Å². The Kier molecular flexibility index (Phi) is 4.07. The van der Waals surface area contributed by atoms with E-state index < -0.39 is 0 Å². The fourth-order valence-electron chi connectivity index (χ4n) is 4.13. The lowest BCUT2D eigenvalue weighted by atomic mass is 9.63. The van der Waals surface area contributed by atoms with Crippen molar-refractivity contribution in [3.8, 4) is 0 Å². The Morgan fingerprint density at radius 3 is 2.68 bits per heavy atom. The molecule has 0 aliphatic heterocycles. The number of rotatable bonds is 4. The molecule has 3 nitrogen and oxygen atoms in total. The van der Waals surface area contributed by atoms with Gasteiger partial charge < -0.3 is 10.2 Å². The Hall–Kier alpha value is -0.800. The van der Waals surface area contributed by atoms with Gasteiger partial charge in [-0.05, 0) is 43.7 Å². The molecule has 1 aromatic heterocycles. The molecule has 2 rings (SSSR count). The molecule has 19 heavy (non-hydrogen) atoms. The molecule has 1 saturated carbocycles. The normalized spacial score (nSPS) is 30.7. The fraction of sp³-hybridized carbons (Fsp3) is 0.750. The second-order valence-electron chi connectivity index (χ2n) is 7.27. The van der Waals surface area contributed by atoms with Crippen LogP contribution >= 0.6 is 0 Å². The molecular weight excluding hydrogens is 236 g/mol. The van der Waals surface area contributed by atoms with Gasteiger partial charge in [0, 0.05) is 24.2 Å². The minimum absolute atomic E-state index is 0.123. The summed E-state index contributed by atoms with van der Waals surface area (Å²) in [7, 11) is 2.20. The van der Waals surface area contributed by atoms with Crippen molar-refractivity contribution in [2.75, 3.05) is 13.6 Å². The summed E-state index contributed by atoms with van der Waals surface area (Å²) in [5.41, 5.74) is 7.91. The van der Waals surface area contributed by atoms with Crippen molar-refractivity contribution >= 4 is 0 Å². The smallest absolute Gasteiger partial charge is 0.0947 e. The highest BCUT2D eigenvalue weighted by molar-refractivity contribution is 5.08. The van der Waals surface area contributed by atoms with Crippen LogP contribution in [0.25, 0.3) is 0 Å². The zero-order valence-electron chi connectivity index (χ0n) is 12.8. The molecule has 1 aliphatic rings. The van der Waals surface area contributed by atoms with Crippen LogP contribution in [0, 0.1) is 11.3 Å². The number of hydrogen-bond donors (Lipinski definition) is 1. The topological polar surface area (TPSA) is 42.4 Å². The van der Waals surface area contributed by atoms with Crippen LogP contribution in [0.15, 0.2) is 23.0 Å². The molecule has 1 heterocycles. The largest absolute Gasteiger partial charge is 0.472 e. The summed E-state index contributed by atoms with van der Waals surface area (Å²) >= 11 is 0. The van der Waals surface area contributed by atoms with E-state index in [2.05, 4.69) is 32.7 Å². The third-order valence-electron chi connectivity index (χ3n) is 4.63. The molecule has 2 unspecified atom stereocenters. The Bertz CT molecular complexity index is 399. The van der Waals surface area contributed by atoms with Crippen molar-refractivity contribution in [2.24, 2.45) is 17.1 Å². The van der Waals surface area contributed by atoms with Crippen LogP contribution in [-0.4, -0.2) is 24.0 Å². The van der Waals surface area contributed by atoms with E-state index in [4.69, 9.17) is 10.2 Å². The van der Waals surface area contributed by atoms with Crippen LogP contribution in [-0.2, 0) is 6.54 Å². The number of likely N-dealkylation sites (N-methyl/N-ethyl adjacent to an activating group) is 1. The van der Waals surface area contributed by atoms with E-state index in [0.717, 1.165) is 19.0 Å². The minimum Gasteiger partial charge on any atom is -0.472 e. The lowest BCUT2D eigenvalue weighted by molar-refractivity contribution is -0.00120. The fourth-order valence-corrected chi connectivity index (χ4v) is 4.13. The highest BCUT2D eigenvalue weighted by Gasteiger charge is 2.44. The Labute approximate surface area is 117 Å². The third-order valence-corrected chi connectivity index (χ3v) is 4.63. The van der Waals surface area contributed by atoms with E-state index in [1.807, 2.05) is 12.3 Å². The predicted octanol–water partition coefficient (Wildman–Crippen LogP) is 3.26. The Morgan fingerprint density at radius 1 is 1.42 bits per heavy atom. The molecule has 0 amide bonds. The maximum atomic E-state index is 6.19. The standard InChI is InChI=1S/C16H28N2O/c1-13-7-15(2,3)11-16(8-13,12-17)18(4)9-14-5-6-19-10-14/h5-6,10,13H,7-9,11-12,17H2,1-4H3. The Morgan fingerprint density at radius 2 is 2.16 bits per heavy atom. The van der Waals surface area contributed by atoms with Gasteiger partial charge >= 0.3 is 0 Å². The molecule has 0 saturated heterocycles.